The molecule has 0 aliphatic carbocycles. The number of nitrogens with one attached hydrogen (secondary N) is 2. The van der Waals surface area contributed by atoms with Crippen molar-refractivity contribution >= 4 is 34.1 Å². The van der Waals surface area contributed by atoms with Crippen LogP contribution in [0.15, 0.2) is 59.1 Å². The molecule has 30 heavy (non-hydrogen) atoms. The standard InChI is InChI=1S/C21H19FN4O4/c22-18-11-23-21(25-14-2-1-3-16(10-14)29-7-6-27)26-20(18)24-15-4-5-19-13(8-15)9-17(12-28)30-19/h1-5,8-11,27-28H,6-7,12H2,(H2,23,24,25,26). The minimum absolute atomic E-state index is 0.00501. The summed E-state index contributed by atoms with van der Waals surface area (Å²) in [7, 11) is 0. The number of fused-ring (bicyclic) bond motifs is 1. The Labute approximate surface area is 171 Å². The van der Waals surface area contributed by atoms with Gasteiger partial charge in [0.25, 0.3) is 0 Å². The maximum Gasteiger partial charge on any atom is 0.229 e. The van der Waals surface area contributed by atoms with Crippen LogP contribution in [-0.2, 0) is 6.61 Å². The molecule has 4 aromatic rings. The number of aliphatic hydroxyl groups excluding tert-OH is 2. The van der Waals surface area contributed by atoms with E-state index in [0.29, 0.717) is 28.5 Å². The first-order valence-corrected chi connectivity index (χ1v) is 9.18. The molecule has 0 unspecified atom stereocenters. The molecule has 0 bridgehead atoms. The highest BCUT2D eigenvalue weighted by Crippen LogP contribution is 2.26. The number of furan rings is 1. The number of rotatable bonds is 8. The Bertz CT molecular complexity index is 1160. The van der Waals surface area contributed by atoms with Gasteiger partial charge in [0.2, 0.25) is 5.95 Å². The van der Waals surface area contributed by atoms with Crippen molar-refractivity contribution in [1.82, 2.24) is 9.97 Å². The molecule has 0 spiro atoms. The lowest BCUT2D eigenvalue weighted by atomic mass is 10.2. The average molecular weight is 410 g/mol. The summed E-state index contributed by atoms with van der Waals surface area (Å²) < 4.78 is 25.1. The average Bonchev–Trinajstić information content (AvgIpc) is 3.17. The highest BCUT2D eigenvalue weighted by molar-refractivity contribution is 5.82. The first-order chi connectivity index (χ1) is 14.6. The molecule has 0 saturated heterocycles. The quantitative estimate of drug-likeness (QED) is 0.348. The fourth-order valence-electron chi connectivity index (χ4n) is 2.86. The molecular formula is C21H19FN4O4. The van der Waals surface area contributed by atoms with Crippen molar-refractivity contribution in [3.63, 3.8) is 0 Å². The van der Waals surface area contributed by atoms with Gasteiger partial charge in [0.1, 0.15) is 30.3 Å². The van der Waals surface area contributed by atoms with Crippen molar-refractivity contribution < 1.29 is 23.8 Å². The molecule has 2 heterocycles. The lowest BCUT2D eigenvalue weighted by molar-refractivity contribution is 0.201. The minimum Gasteiger partial charge on any atom is -0.491 e. The van der Waals surface area contributed by atoms with Crippen LogP contribution in [0, 0.1) is 5.82 Å². The molecule has 0 saturated carbocycles. The van der Waals surface area contributed by atoms with Crippen LogP contribution in [-0.4, -0.2) is 33.4 Å². The molecule has 0 aliphatic heterocycles. The number of hydrogen-bond donors (Lipinski definition) is 4. The molecule has 8 nitrogen and oxygen atoms in total. The third-order valence-corrected chi connectivity index (χ3v) is 4.18. The SMILES string of the molecule is OCCOc1cccc(Nc2ncc(F)c(Nc3ccc4oc(CO)cc4c3)n2)c1. The maximum absolute atomic E-state index is 14.3. The molecule has 0 amide bonds. The smallest absolute Gasteiger partial charge is 0.229 e. The van der Waals surface area contributed by atoms with Gasteiger partial charge in [0, 0.05) is 22.8 Å². The van der Waals surface area contributed by atoms with Gasteiger partial charge in [-0.3, -0.25) is 0 Å². The minimum atomic E-state index is -0.607. The highest BCUT2D eigenvalue weighted by atomic mass is 19.1. The van der Waals surface area contributed by atoms with Crippen LogP contribution in [0.2, 0.25) is 0 Å². The van der Waals surface area contributed by atoms with Crippen LogP contribution in [0.1, 0.15) is 5.76 Å². The third kappa shape index (κ3) is 4.48. The summed E-state index contributed by atoms with van der Waals surface area (Å²) in [5.74, 6) is 0.622. The number of halogens is 1. The zero-order chi connectivity index (χ0) is 20.9. The Morgan fingerprint density at radius 3 is 2.73 bits per heavy atom. The molecule has 0 atom stereocenters. The highest BCUT2D eigenvalue weighted by Gasteiger charge is 2.10. The molecule has 4 N–H and O–H groups in total. The topological polar surface area (TPSA) is 113 Å². The van der Waals surface area contributed by atoms with Gasteiger partial charge in [-0.2, -0.15) is 4.98 Å². The molecule has 2 aromatic heterocycles. The lowest BCUT2D eigenvalue weighted by Crippen LogP contribution is -2.04. The van der Waals surface area contributed by atoms with E-state index in [-0.39, 0.29) is 31.6 Å². The monoisotopic (exact) mass is 410 g/mol. The molecule has 4 rings (SSSR count). The molecular weight excluding hydrogens is 391 g/mol. The van der Waals surface area contributed by atoms with E-state index < -0.39 is 5.82 Å². The predicted octanol–water partition coefficient (Wildman–Crippen LogP) is 3.71. The summed E-state index contributed by atoms with van der Waals surface area (Å²) in [4.78, 5) is 8.17. The summed E-state index contributed by atoms with van der Waals surface area (Å²) in [5, 5.41) is 24.8. The third-order valence-electron chi connectivity index (χ3n) is 4.18. The van der Waals surface area contributed by atoms with Crippen LogP contribution < -0.4 is 15.4 Å². The summed E-state index contributed by atoms with van der Waals surface area (Å²) in [6.45, 7) is -0.0930. The number of benzene rings is 2. The Morgan fingerprint density at radius 1 is 1.03 bits per heavy atom. The van der Waals surface area contributed by atoms with Crippen LogP contribution in [0.3, 0.4) is 0 Å². The second kappa shape index (κ2) is 8.76. The Hall–Kier alpha value is -3.69. The molecule has 9 heteroatoms. The van der Waals surface area contributed by atoms with Crippen molar-refractivity contribution in [2.45, 2.75) is 6.61 Å². The van der Waals surface area contributed by atoms with Gasteiger partial charge in [-0.25, -0.2) is 9.37 Å². The molecule has 0 aliphatic rings. The number of ether oxygens (including phenoxy) is 1. The summed E-state index contributed by atoms with van der Waals surface area (Å²) in [6, 6.07) is 14.0. The molecule has 0 fully saturated rings. The van der Waals surface area contributed by atoms with E-state index in [1.54, 1.807) is 48.5 Å². The van der Waals surface area contributed by atoms with E-state index in [0.717, 1.165) is 11.6 Å². The summed E-state index contributed by atoms with van der Waals surface area (Å²) in [5.41, 5.74) is 1.88. The largest absolute Gasteiger partial charge is 0.491 e. The normalized spacial score (nSPS) is 10.9. The number of hydrogen-bond acceptors (Lipinski definition) is 8. The zero-order valence-electron chi connectivity index (χ0n) is 15.8. The Balaban J connectivity index is 1.53. The van der Waals surface area contributed by atoms with Crippen molar-refractivity contribution in [3.8, 4) is 5.75 Å². The van der Waals surface area contributed by atoms with Crippen molar-refractivity contribution in [3.05, 3.63) is 66.3 Å². The number of aromatic nitrogens is 2. The fraction of sp³-hybridized carbons (Fsp3) is 0.143. The van der Waals surface area contributed by atoms with E-state index >= 15 is 0 Å². The van der Waals surface area contributed by atoms with E-state index in [1.165, 1.54) is 0 Å². The van der Waals surface area contributed by atoms with Gasteiger partial charge >= 0.3 is 0 Å². The van der Waals surface area contributed by atoms with Crippen molar-refractivity contribution in [1.29, 1.82) is 0 Å². The first-order valence-electron chi connectivity index (χ1n) is 9.18. The summed E-state index contributed by atoms with van der Waals surface area (Å²) in [6.07, 6.45) is 1.07. The lowest BCUT2D eigenvalue weighted by Gasteiger charge is -2.11. The zero-order valence-corrected chi connectivity index (χ0v) is 15.8. The van der Waals surface area contributed by atoms with Crippen LogP contribution in [0.4, 0.5) is 27.5 Å². The maximum atomic E-state index is 14.3. The summed E-state index contributed by atoms with van der Waals surface area (Å²) >= 11 is 0. The van der Waals surface area contributed by atoms with Crippen molar-refractivity contribution in [2.24, 2.45) is 0 Å². The van der Waals surface area contributed by atoms with E-state index in [4.69, 9.17) is 14.3 Å². The van der Waals surface area contributed by atoms with E-state index in [9.17, 15) is 9.50 Å². The molecule has 154 valence electrons. The van der Waals surface area contributed by atoms with Crippen LogP contribution >= 0.6 is 0 Å². The van der Waals surface area contributed by atoms with Crippen LogP contribution in [0.5, 0.6) is 5.75 Å². The Morgan fingerprint density at radius 2 is 1.90 bits per heavy atom. The number of aliphatic hydroxyl groups is 2. The second-order valence-electron chi connectivity index (χ2n) is 6.36. The van der Waals surface area contributed by atoms with Gasteiger partial charge in [0.05, 0.1) is 12.8 Å². The predicted molar refractivity (Wildman–Crippen MR) is 110 cm³/mol. The van der Waals surface area contributed by atoms with Gasteiger partial charge < -0.3 is 30.0 Å². The van der Waals surface area contributed by atoms with E-state index in [2.05, 4.69) is 20.6 Å². The van der Waals surface area contributed by atoms with E-state index in [1.807, 2.05) is 0 Å². The van der Waals surface area contributed by atoms with Gasteiger partial charge in [0.15, 0.2) is 11.6 Å². The van der Waals surface area contributed by atoms with Gasteiger partial charge in [-0.1, -0.05) is 6.07 Å². The number of anilines is 4. The van der Waals surface area contributed by atoms with Crippen LogP contribution in [0.25, 0.3) is 11.0 Å². The Kier molecular flexibility index (Phi) is 5.73. The second-order valence-corrected chi connectivity index (χ2v) is 6.36. The van der Waals surface area contributed by atoms with Gasteiger partial charge in [-0.15, -0.1) is 0 Å². The van der Waals surface area contributed by atoms with Gasteiger partial charge in [-0.05, 0) is 36.4 Å². The molecule has 0 radical (unpaired) electrons. The number of nitrogens with zero attached hydrogens (tertiary/aromatic N) is 2. The fourth-order valence-corrected chi connectivity index (χ4v) is 2.86. The first kappa shape index (κ1) is 19.6. The molecule has 2 aromatic carbocycles. The van der Waals surface area contributed by atoms with Crippen molar-refractivity contribution in [2.75, 3.05) is 23.8 Å².